The number of hydrogen-bond donors (Lipinski definition) is 0. The number of rotatable bonds is 8. The molecule has 0 spiro atoms. The van der Waals surface area contributed by atoms with E-state index in [9.17, 15) is 0 Å². The highest BCUT2D eigenvalue weighted by atomic mass is 16.5. The van der Waals surface area contributed by atoms with Gasteiger partial charge in [0.05, 0.1) is 0 Å². The van der Waals surface area contributed by atoms with Crippen LogP contribution >= 0.6 is 0 Å². The molecule has 0 N–H and O–H groups in total. The fourth-order valence-electron chi connectivity index (χ4n) is 4.92. The second kappa shape index (κ2) is 11.4. The summed E-state index contributed by atoms with van der Waals surface area (Å²) in [6, 6.07) is 51.0. The molecule has 0 atom stereocenters. The topological polar surface area (TPSA) is 36.9 Å². The number of para-hydroxylation sites is 4. The van der Waals surface area contributed by atoms with E-state index in [2.05, 4.69) is 0 Å². The predicted molar refractivity (Wildman–Crippen MR) is 168 cm³/mol. The van der Waals surface area contributed by atoms with Crippen LogP contribution in [0.4, 0.5) is 0 Å². The van der Waals surface area contributed by atoms with E-state index in [4.69, 9.17) is 18.9 Å². The van der Waals surface area contributed by atoms with Gasteiger partial charge in [0.15, 0.2) is 0 Å². The maximum Gasteiger partial charge on any atom is 0.143 e. The number of hydrogen-bond acceptors (Lipinski definition) is 4. The molecule has 4 nitrogen and oxygen atoms in total. The van der Waals surface area contributed by atoms with Crippen molar-refractivity contribution in [3.05, 3.63) is 158 Å². The Morgan fingerprint density at radius 1 is 0.238 bits per heavy atom. The fraction of sp³-hybridized carbons (Fsp3) is 0. The van der Waals surface area contributed by atoms with E-state index in [1.165, 1.54) is 0 Å². The van der Waals surface area contributed by atoms with Crippen LogP contribution in [-0.4, -0.2) is 0 Å². The van der Waals surface area contributed by atoms with Crippen molar-refractivity contribution in [1.82, 2.24) is 0 Å². The van der Waals surface area contributed by atoms with Crippen molar-refractivity contribution in [2.45, 2.75) is 0 Å². The van der Waals surface area contributed by atoms with Crippen LogP contribution in [0.15, 0.2) is 158 Å². The molecule has 4 heteroatoms. The summed E-state index contributed by atoms with van der Waals surface area (Å²) in [6.45, 7) is 0. The van der Waals surface area contributed by atoms with Crippen LogP contribution in [0.1, 0.15) is 0 Å². The van der Waals surface area contributed by atoms with E-state index >= 15 is 0 Å². The largest absolute Gasteiger partial charge is 0.457 e. The highest BCUT2D eigenvalue weighted by molar-refractivity contribution is 6.12. The summed E-state index contributed by atoms with van der Waals surface area (Å²) in [5.74, 6) is 5.78. The van der Waals surface area contributed by atoms with Crippen LogP contribution in [0.25, 0.3) is 21.5 Å². The molecular formula is C38H26O4. The molecule has 0 bridgehead atoms. The van der Waals surface area contributed by atoms with Gasteiger partial charge >= 0.3 is 0 Å². The van der Waals surface area contributed by atoms with E-state index < -0.39 is 0 Å². The maximum atomic E-state index is 6.62. The van der Waals surface area contributed by atoms with E-state index in [0.717, 1.165) is 44.5 Å². The fourth-order valence-corrected chi connectivity index (χ4v) is 4.92. The molecule has 0 heterocycles. The lowest BCUT2D eigenvalue weighted by Gasteiger charge is -2.19. The van der Waals surface area contributed by atoms with Gasteiger partial charge in [-0.3, -0.25) is 0 Å². The Balaban J connectivity index is 1.45. The maximum absolute atomic E-state index is 6.62. The van der Waals surface area contributed by atoms with Gasteiger partial charge in [-0.15, -0.1) is 0 Å². The summed E-state index contributed by atoms with van der Waals surface area (Å²) >= 11 is 0. The summed E-state index contributed by atoms with van der Waals surface area (Å²) in [6.07, 6.45) is 0. The third kappa shape index (κ3) is 5.34. The highest BCUT2D eigenvalue weighted by Crippen LogP contribution is 2.48. The van der Waals surface area contributed by atoms with Crippen molar-refractivity contribution in [3.63, 3.8) is 0 Å². The van der Waals surface area contributed by atoms with E-state index in [1.807, 2.05) is 158 Å². The summed E-state index contributed by atoms with van der Waals surface area (Å²) in [7, 11) is 0. The molecule has 42 heavy (non-hydrogen) atoms. The third-order valence-corrected chi connectivity index (χ3v) is 6.84. The minimum atomic E-state index is 0.695. The first-order valence-electron chi connectivity index (χ1n) is 13.8. The molecule has 0 fully saturated rings. The van der Waals surface area contributed by atoms with Crippen molar-refractivity contribution in [1.29, 1.82) is 0 Å². The molecule has 0 aromatic heterocycles. The number of ether oxygens (including phenoxy) is 4. The zero-order chi connectivity index (χ0) is 28.1. The Labute approximate surface area is 243 Å². The minimum absolute atomic E-state index is 0.695. The molecule has 0 aliphatic heterocycles. The van der Waals surface area contributed by atoms with Crippen molar-refractivity contribution in [3.8, 4) is 46.0 Å². The summed E-state index contributed by atoms with van der Waals surface area (Å²) in [5, 5.41) is 3.49. The molecule has 0 amide bonds. The molecule has 0 unspecified atom stereocenters. The monoisotopic (exact) mass is 546 g/mol. The smallest absolute Gasteiger partial charge is 0.143 e. The van der Waals surface area contributed by atoms with Gasteiger partial charge in [0.2, 0.25) is 0 Å². The van der Waals surface area contributed by atoms with Crippen LogP contribution in [0.3, 0.4) is 0 Å². The summed E-state index contributed by atoms with van der Waals surface area (Å²) in [4.78, 5) is 0. The van der Waals surface area contributed by atoms with Crippen molar-refractivity contribution in [2.24, 2.45) is 0 Å². The van der Waals surface area contributed by atoms with Crippen molar-refractivity contribution < 1.29 is 18.9 Å². The molecule has 0 saturated carbocycles. The van der Waals surface area contributed by atoms with E-state index in [-0.39, 0.29) is 0 Å². The predicted octanol–water partition coefficient (Wildman–Crippen LogP) is 11.2. The average molecular weight is 547 g/mol. The average Bonchev–Trinajstić information content (AvgIpc) is 3.04. The zero-order valence-corrected chi connectivity index (χ0v) is 22.6. The molecule has 7 rings (SSSR count). The lowest BCUT2D eigenvalue weighted by Crippen LogP contribution is -1.95. The molecule has 0 aliphatic carbocycles. The lowest BCUT2D eigenvalue weighted by atomic mass is 9.99. The van der Waals surface area contributed by atoms with Gasteiger partial charge in [-0.1, -0.05) is 72.8 Å². The number of benzene rings is 7. The second-order valence-corrected chi connectivity index (χ2v) is 9.73. The first kappa shape index (κ1) is 25.2. The first-order valence-corrected chi connectivity index (χ1v) is 13.8. The van der Waals surface area contributed by atoms with Crippen LogP contribution < -0.4 is 18.9 Å². The standard InChI is InChI=1S/C38H26O4/c1-5-13-27(14-6-1)39-31-21-23-33-35(25-31)37(41-29-17-9-3-10-18-29)34-24-22-32(40-28-15-7-2-8-16-28)26-36(34)38(33)42-30-19-11-4-12-20-30/h1-26H. The van der Waals surface area contributed by atoms with Crippen molar-refractivity contribution in [2.75, 3.05) is 0 Å². The number of fused-ring (bicyclic) bond motifs is 2. The van der Waals surface area contributed by atoms with Gasteiger partial charge in [0.25, 0.3) is 0 Å². The lowest BCUT2D eigenvalue weighted by molar-refractivity contribution is 0.476. The summed E-state index contributed by atoms with van der Waals surface area (Å²) < 4.78 is 25.7. The normalized spacial score (nSPS) is 10.9. The van der Waals surface area contributed by atoms with Crippen LogP contribution in [0.5, 0.6) is 46.0 Å². The molecule has 0 saturated heterocycles. The van der Waals surface area contributed by atoms with E-state index in [1.54, 1.807) is 0 Å². The van der Waals surface area contributed by atoms with Gasteiger partial charge in [0, 0.05) is 21.5 Å². The molecular weight excluding hydrogens is 520 g/mol. The van der Waals surface area contributed by atoms with E-state index in [0.29, 0.717) is 23.0 Å². The van der Waals surface area contributed by atoms with Gasteiger partial charge in [-0.25, -0.2) is 0 Å². The molecule has 7 aromatic rings. The highest BCUT2D eigenvalue weighted by Gasteiger charge is 2.20. The van der Waals surface area contributed by atoms with Gasteiger partial charge in [0.1, 0.15) is 46.0 Å². The minimum Gasteiger partial charge on any atom is -0.457 e. The van der Waals surface area contributed by atoms with Crippen LogP contribution in [0.2, 0.25) is 0 Å². The van der Waals surface area contributed by atoms with Crippen molar-refractivity contribution >= 4 is 21.5 Å². The quantitative estimate of drug-likeness (QED) is 0.178. The molecule has 202 valence electrons. The SMILES string of the molecule is c1ccc(Oc2ccc3c(Oc4ccccc4)c4cc(Oc5ccccc5)ccc4c(Oc4ccccc4)c3c2)cc1. The molecule has 7 aromatic carbocycles. The molecule has 0 radical (unpaired) electrons. The zero-order valence-electron chi connectivity index (χ0n) is 22.6. The van der Waals surface area contributed by atoms with Crippen LogP contribution in [-0.2, 0) is 0 Å². The van der Waals surface area contributed by atoms with Crippen LogP contribution in [0, 0.1) is 0 Å². The Morgan fingerprint density at radius 2 is 0.548 bits per heavy atom. The Morgan fingerprint density at radius 3 is 0.881 bits per heavy atom. The Bertz CT molecular complexity index is 1810. The Kier molecular flexibility index (Phi) is 6.85. The third-order valence-electron chi connectivity index (χ3n) is 6.84. The Hall–Kier alpha value is -5.74. The second-order valence-electron chi connectivity index (χ2n) is 9.73. The summed E-state index contributed by atoms with van der Waals surface area (Å²) in [5.41, 5.74) is 0. The first-order chi connectivity index (χ1) is 20.8. The molecule has 0 aliphatic rings. The van der Waals surface area contributed by atoms with Gasteiger partial charge in [-0.2, -0.15) is 0 Å². The van der Waals surface area contributed by atoms with Gasteiger partial charge in [-0.05, 0) is 84.9 Å². The van der Waals surface area contributed by atoms with Gasteiger partial charge < -0.3 is 18.9 Å².